The van der Waals surface area contributed by atoms with Crippen LogP contribution in [0.25, 0.3) is 33.0 Å². The van der Waals surface area contributed by atoms with Gasteiger partial charge in [0.15, 0.2) is 0 Å². The molecule has 0 saturated heterocycles. The molecule has 0 spiro atoms. The monoisotopic (exact) mass is 398 g/mol. The average molecular weight is 399 g/mol. The number of benzene rings is 2. The van der Waals surface area contributed by atoms with Gasteiger partial charge in [0.1, 0.15) is 0 Å². The van der Waals surface area contributed by atoms with Crippen LogP contribution in [0.5, 0.6) is 0 Å². The van der Waals surface area contributed by atoms with Gasteiger partial charge in [-0.1, -0.05) is 30.3 Å². The molecule has 0 aliphatic rings. The van der Waals surface area contributed by atoms with Crippen LogP contribution in [0.4, 0.5) is 5.69 Å². The van der Waals surface area contributed by atoms with Crippen molar-refractivity contribution < 1.29 is 11.0 Å². The van der Waals surface area contributed by atoms with Crippen molar-refractivity contribution in [3.05, 3.63) is 67.3 Å². The minimum atomic E-state index is 0. The Morgan fingerprint density at radius 2 is 1.54 bits per heavy atom. The summed E-state index contributed by atoms with van der Waals surface area (Å²) in [5, 5.41) is 9.78. The quantitative estimate of drug-likeness (QED) is 0.517. The Bertz CT molecular complexity index is 1020. The number of thiol groups is 1. The van der Waals surface area contributed by atoms with Crippen molar-refractivity contribution in [2.24, 2.45) is 7.05 Å². The highest BCUT2D eigenvalue weighted by atomic mass is 32.1. The van der Waals surface area contributed by atoms with Gasteiger partial charge in [0.25, 0.3) is 0 Å². The van der Waals surface area contributed by atoms with E-state index in [1.807, 2.05) is 43.6 Å². The van der Waals surface area contributed by atoms with Crippen LogP contribution < -0.4 is 5.32 Å². The van der Waals surface area contributed by atoms with Gasteiger partial charge in [0.05, 0.1) is 6.20 Å². The highest BCUT2D eigenvalue weighted by Gasteiger charge is 2.07. The van der Waals surface area contributed by atoms with E-state index in [4.69, 9.17) is 0 Å². The van der Waals surface area contributed by atoms with Crippen LogP contribution in [-0.4, -0.2) is 39.0 Å². The van der Waals surface area contributed by atoms with Gasteiger partial charge in [-0.25, -0.2) is 0 Å². The second-order valence-corrected chi connectivity index (χ2v) is 5.85. The van der Waals surface area contributed by atoms with Crippen LogP contribution in [0.2, 0.25) is 0 Å². The summed E-state index contributed by atoms with van der Waals surface area (Å²) < 4.78 is 1.82. The minimum Gasteiger partial charge on any atom is -0.412 e. The molecular formula is C21H26N4O2S. The lowest BCUT2D eigenvalue weighted by Crippen LogP contribution is -1.89. The second kappa shape index (κ2) is 10.5. The molecule has 6 nitrogen and oxygen atoms in total. The molecular weight excluding hydrogens is 372 g/mol. The minimum absolute atomic E-state index is 0. The number of aryl methyl sites for hydroxylation is 1. The fraction of sp³-hybridized carbons (Fsp3) is 0.143. The summed E-state index contributed by atoms with van der Waals surface area (Å²) in [6, 6.07) is 14.9. The van der Waals surface area contributed by atoms with E-state index >= 15 is 0 Å². The number of hydrogen-bond acceptors (Lipinski definition) is 4. The van der Waals surface area contributed by atoms with Gasteiger partial charge in [0.2, 0.25) is 0 Å². The summed E-state index contributed by atoms with van der Waals surface area (Å²) in [5.74, 6) is 0. The molecule has 148 valence electrons. The molecule has 2 aromatic carbocycles. The first kappa shape index (κ1) is 23.2. The molecule has 0 unspecified atom stereocenters. The Morgan fingerprint density at radius 1 is 0.857 bits per heavy atom. The van der Waals surface area contributed by atoms with E-state index in [-0.39, 0.29) is 11.0 Å². The molecule has 0 aliphatic heterocycles. The number of pyridine rings is 1. The molecule has 0 bridgehead atoms. The summed E-state index contributed by atoms with van der Waals surface area (Å²) in [6.45, 7) is 0. The Hall–Kier alpha value is -2.87. The standard InChI is InChI=1S/C20H18N4.CH4S.2H2O/c1-21-18-8-7-16-10-22-12-20(19(16)9-18)15-5-3-14(4-6-15)17-11-23-24(2)13-17;1-2;;/h3-13,21H,1-2H3;2H,1H3;2*1H2. The maximum absolute atomic E-state index is 4.39. The number of aromatic nitrogens is 3. The summed E-state index contributed by atoms with van der Waals surface area (Å²) in [6.07, 6.45) is 9.43. The van der Waals surface area contributed by atoms with E-state index in [1.165, 1.54) is 5.39 Å². The van der Waals surface area contributed by atoms with Crippen LogP contribution in [-0.2, 0) is 7.05 Å². The lowest BCUT2D eigenvalue weighted by molar-refractivity contribution is 0.768. The maximum Gasteiger partial charge on any atom is 0.0568 e. The number of rotatable bonds is 3. The van der Waals surface area contributed by atoms with Gasteiger partial charge in [0, 0.05) is 54.9 Å². The fourth-order valence-corrected chi connectivity index (χ4v) is 2.96. The van der Waals surface area contributed by atoms with Gasteiger partial charge < -0.3 is 16.3 Å². The zero-order valence-corrected chi connectivity index (χ0v) is 17.0. The fourth-order valence-electron chi connectivity index (χ4n) is 2.96. The molecule has 7 heteroatoms. The predicted molar refractivity (Wildman–Crippen MR) is 121 cm³/mol. The van der Waals surface area contributed by atoms with Gasteiger partial charge in [-0.2, -0.15) is 17.7 Å². The van der Waals surface area contributed by atoms with Crippen molar-refractivity contribution in [3.8, 4) is 22.3 Å². The van der Waals surface area contributed by atoms with Crippen molar-refractivity contribution in [1.82, 2.24) is 14.8 Å². The molecule has 4 rings (SSSR count). The first-order valence-corrected chi connectivity index (χ1v) is 9.24. The lowest BCUT2D eigenvalue weighted by Gasteiger charge is -2.09. The van der Waals surface area contributed by atoms with E-state index in [0.29, 0.717) is 0 Å². The predicted octanol–water partition coefficient (Wildman–Crippen LogP) is 3.24. The third-order valence-electron chi connectivity index (χ3n) is 4.28. The molecule has 0 atom stereocenters. The Balaban J connectivity index is 0.000000950. The molecule has 0 fully saturated rings. The van der Waals surface area contributed by atoms with E-state index in [2.05, 4.69) is 70.5 Å². The first-order chi connectivity index (χ1) is 12.7. The van der Waals surface area contributed by atoms with Crippen molar-refractivity contribution >= 4 is 29.1 Å². The van der Waals surface area contributed by atoms with Crippen LogP contribution in [0.1, 0.15) is 0 Å². The molecule has 5 N–H and O–H groups in total. The molecule has 28 heavy (non-hydrogen) atoms. The molecule has 0 saturated carbocycles. The van der Waals surface area contributed by atoms with Gasteiger partial charge in [-0.3, -0.25) is 9.67 Å². The van der Waals surface area contributed by atoms with E-state index in [0.717, 1.165) is 33.3 Å². The van der Waals surface area contributed by atoms with E-state index in [9.17, 15) is 0 Å². The average Bonchev–Trinajstić information content (AvgIpc) is 3.15. The molecule has 2 aromatic heterocycles. The first-order valence-electron chi connectivity index (χ1n) is 8.34. The third kappa shape index (κ3) is 4.69. The lowest BCUT2D eigenvalue weighted by atomic mass is 9.98. The number of nitrogens with one attached hydrogen (secondary N) is 1. The maximum atomic E-state index is 4.39. The zero-order chi connectivity index (χ0) is 18.5. The summed E-state index contributed by atoms with van der Waals surface area (Å²) in [5.41, 5.74) is 5.69. The van der Waals surface area contributed by atoms with Gasteiger partial charge in [-0.05, 0) is 34.9 Å². The van der Waals surface area contributed by atoms with Crippen LogP contribution in [0.3, 0.4) is 0 Å². The number of hydrogen-bond donors (Lipinski definition) is 2. The van der Waals surface area contributed by atoms with Crippen molar-refractivity contribution in [2.45, 2.75) is 0 Å². The van der Waals surface area contributed by atoms with Crippen LogP contribution in [0, 0.1) is 0 Å². The van der Waals surface area contributed by atoms with Crippen LogP contribution >= 0.6 is 12.6 Å². The Morgan fingerprint density at radius 3 is 2.14 bits per heavy atom. The smallest absolute Gasteiger partial charge is 0.0568 e. The van der Waals surface area contributed by atoms with E-state index in [1.54, 1.807) is 6.26 Å². The third-order valence-corrected chi connectivity index (χ3v) is 4.28. The van der Waals surface area contributed by atoms with Crippen molar-refractivity contribution in [3.63, 3.8) is 0 Å². The topological polar surface area (TPSA) is 106 Å². The van der Waals surface area contributed by atoms with Crippen molar-refractivity contribution in [2.75, 3.05) is 18.6 Å². The van der Waals surface area contributed by atoms with Crippen molar-refractivity contribution in [1.29, 1.82) is 0 Å². The van der Waals surface area contributed by atoms with Gasteiger partial charge >= 0.3 is 0 Å². The highest BCUT2D eigenvalue weighted by molar-refractivity contribution is 7.79. The Kier molecular flexibility index (Phi) is 8.66. The Labute approximate surface area is 170 Å². The number of fused-ring (bicyclic) bond motifs is 1. The number of anilines is 1. The molecule has 0 radical (unpaired) electrons. The summed E-state index contributed by atoms with van der Waals surface area (Å²) in [4.78, 5) is 4.39. The molecule has 0 aliphatic carbocycles. The van der Waals surface area contributed by atoms with Gasteiger partial charge in [-0.15, -0.1) is 0 Å². The largest absolute Gasteiger partial charge is 0.412 e. The zero-order valence-electron chi connectivity index (χ0n) is 16.1. The van der Waals surface area contributed by atoms with Crippen LogP contribution in [0.15, 0.2) is 67.3 Å². The summed E-state index contributed by atoms with van der Waals surface area (Å²) >= 11 is 3.53. The highest BCUT2D eigenvalue weighted by Crippen LogP contribution is 2.31. The SMILES string of the molecule is CNc1ccc2cncc(-c3ccc(-c4cnn(C)c4)cc3)c2c1.CS.O.O. The van der Waals surface area contributed by atoms with E-state index < -0.39 is 0 Å². The summed E-state index contributed by atoms with van der Waals surface area (Å²) in [7, 11) is 3.86. The second-order valence-electron chi connectivity index (χ2n) is 5.85. The molecule has 2 heterocycles. The normalized spacial score (nSPS) is 9.57. The molecule has 4 aromatic rings. The molecule has 0 amide bonds. The number of nitrogens with zero attached hydrogens (tertiary/aromatic N) is 3.